The Morgan fingerprint density at radius 3 is 2.09 bits per heavy atom. The van der Waals surface area contributed by atoms with Crippen molar-refractivity contribution in [1.82, 2.24) is 0 Å². The molecule has 4 aromatic carbocycles. The maximum atomic E-state index is 12.8. The molecule has 4 aromatic rings. The zero-order valence-corrected chi connectivity index (χ0v) is 18.2. The van der Waals surface area contributed by atoms with Crippen LogP contribution in [0.2, 0.25) is 0 Å². The van der Waals surface area contributed by atoms with E-state index >= 15 is 0 Å². The lowest BCUT2D eigenvalue weighted by Gasteiger charge is -2.35. The smallest absolute Gasteiger partial charge is 0.335 e. The predicted molar refractivity (Wildman–Crippen MR) is 129 cm³/mol. The molecule has 4 rings (SSSR count). The highest BCUT2D eigenvalue weighted by Gasteiger charge is 2.30. The Morgan fingerprint density at radius 2 is 1.41 bits per heavy atom. The molecule has 0 bridgehead atoms. The molecule has 1 unspecified atom stereocenters. The van der Waals surface area contributed by atoms with Crippen LogP contribution < -0.4 is 9.64 Å². The van der Waals surface area contributed by atoms with E-state index in [2.05, 4.69) is 29.7 Å². The fourth-order valence-corrected chi connectivity index (χ4v) is 3.99. The van der Waals surface area contributed by atoms with Crippen molar-refractivity contribution in [1.29, 1.82) is 0 Å². The summed E-state index contributed by atoms with van der Waals surface area (Å²) in [6.07, 6.45) is 0. The minimum absolute atomic E-state index is 0.350. The minimum Gasteiger partial charge on any atom is -0.497 e. The molecule has 0 aromatic heterocycles. The lowest BCUT2D eigenvalue weighted by Crippen LogP contribution is -2.29. The number of hydrogen-bond acceptors (Lipinski definition) is 4. The van der Waals surface area contributed by atoms with Gasteiger partial charge in [-0.2, -0.15) is 0 Å². The number of methoxy groups -OCH3 is 2. The minimum atomic E-state index is -0.482. The number of ether oxygens (including phenoxy) is 2. The average Bonchev–Trinajstić information content (AvgIpc) is 2.86. The standard InChI is InChI=1S/C28H25NO3/c1-20(28(30)32-3)27(26-15-9-11-21-10-7-8-14-25(21)26)29(22-12-5-4-6-13-22)23-16-18-24(31-2)19-17-23/h4-19,27H,1H2,2-3H3. The van der Waals surface area contributed by atoms with Crippen molar-refractivity contribution in [2.24, 2.45) is 0 Å². The predicted octanol–water partition coefficient (Wildman–Crippen LogP) is 6.46. The molecule has 0 aliphatic heterocycles. The number of hydrogen-bond donors (Lipinski definition) is 0. The van der Waals surface area contributed by atoms with E-state index in [0.29, 0.717) is 5.57 Å². The summed E-state index contributed by atoms with van der Waals surface area (Å²) in [5.74, 6) is 0.313. The Bertz CT molecular complexity index is 1230. The third-order valence-electron chi connectivity index (χ3n) is 5.54. The van der Waals surface area contributed by atoms with E-state index in [9.17, 15) is 4.79 Å². The van der Waals surface area contributed by atoms with Gasteiger partial charge in [-0.3, -0.25) is 0 Å². The van der Waals surface area contributed by atoms with Gasteiger partial charge in [0, 0.05) is 11.4 Å². The lowest BCUT2D eigenvalue weighted by molar-refractivity contribution is -0.136. The number of benzene rings is 4. The Hall–Kier alpha value is -4.05. The highest BCUT2D eigenvalue weighted by Crippen LogP contribution is 2.41. The summed E-state index contributed by atoms with van der Waals surface area (Å²) < 4.78 is 10.5. The largest absolute Gasteiger partial charge is 0.497 e. The molecule has 0 radical (unpaired) electrons. The molecule has 32 heavy (non-hydrogen) atoms. The highest BCUT2D eigenvalue weighted by molar-refractivity contribution is 5.94. The number of fused-ring (bicyclic) bond motifs is 1. The monoisotopic (exact) mass is 423 g/mol. The van der Waals surface area contributed by atoms with Crippen molar-refractivity contribution in [3.63, 3.8) is 0 Å². The third kappa shape index (κ3) is 4.08. The average molecular weight is 424 g/mol. The van der Waals surface area contributed by atoms with Gasteiger partial charge in [-0.25, -0.2) is 4.79 Å². The van der Waals surface area contributed by atoms with Gasteiger partial charge in [0.2, 0.25) is 0 Å². The van der Waals surface area contributed by atoms with Gasteiger partial charge in [0.1, 0.15) is 5.75 Å². The van der Waals surface area contributed by atoms with E-state index in [1.165, 1.54) is 7.11 Å². The van der Waals surface area contributed by atoms with Gasteiger partial charge in [0.25, 0.3) is 0 Å². The molecule has 0 saturated heterocycles. The summed E-state index contributed by atoms with van der Waals surface area (Å²) >= 11 is 0. The molecule has 4 nitrogen and oxygen atoms in total. The molecular formula is C28H25NO3. The molecule has 160 valence electrons. The normalized spacial score (nSPS) is 11.6. The third-order valence-corrected chi connectivity index (χ3v) is 5.54. The van der Waals surface area contributed by atoms with Crippen LogP contribution in [0.4, 0.5) is 11.4 Å². The molecule has 0 amide bonds. The number of anilines is 2. The fraction of sp³-hybridized carbons (Fsp3) is 0.107. The van der Waals surface area contributed by atoms with Crippen molar-refractivity contribution >= 4 is 28.1 Å². The molecular weight excluding hydrogens is 398 g/mol. The number of nitrogens with zero attached hydrogens (tertiary/aromatic N) is 1. The zero-order chi connectivity index (χ0) is 22.5. The van der Waals surface area contributed by atoms with Crippen molar-refractivity contribution in [3.8, 4) is 5.75 Å². The van der Waals surface area contributed by atoms with Crippen molar-refractivity contribution < 1.29 is 14.3 Å². The molecule has 0 saturated carbocycles. The van der Waals surface area contributed by atoms with Gasteiger partial charge < -0.3 is 14.4 Å². The maximum Gasteiger partial charge on any atom is 0.335 e. The van der Waals surface area contributed by atoms with Gasteiger partial charge in [0.15, 0.2) is 0 Å². The lowest BCUT2D eigenvalue weighted by atomic mass is 9.92. The first-order valence-electron chi connectivity index (χ1n) is 10.4. The molecule has 1 atom stereocenters. The van der Waals surface area contributed by atoms with Crippen LogP contribution in [0.5, 0.6) is 5.75 Å². The maximum absolute atomic E-state index is 12.8. The number of para-hydroxylation sites is 1. The van der Waals surface area contributed by atoms with Gasteiger partial charge >= 0.3 is 5.97 Å². The summed E-state index contributed by atoms with van der Waals surface area (Å²) in [7, 11) is 3.02. The van der Waals surface area contributed by atoms with Crippen LogP contribution in [0.1, 0.15) is 11.6 Å². The van der Waals surface area contributed by atoms with Gasteiger partial charge in [-0.1, -0.05) is 67.2 Å². The van der Waals surface area contributed by atoms with Crippen molar-refractivity contribution in [2.45, 2.75) is 6.04 Å². The first-order chi connectivity index (χ1) is 15.6. The second-order valence-corrected chi connectivity index (χ2v) is 7.39. The number of carbonyl (C=O) groups excluding carboxylic acids is 1. The summed E-state index contributed by atoms with van der Waals surface area (Å²) in [5, 5.41) is 2.15. The second-order valence-electron chi connectivity index (χ2n) is 7.39. The molecule has 0 aliphatic carbocycles. The summed E-state index contributed by atoms with van der Waals surface area (Å²) in [5.41, 5.74) is 3.15. The van der Waals surface area contributed by atoms with Crippen LogP contribution in [0.15, 0.2) is 109 Å². The van der Waals surface area contributed by atoms with E-state index < -0.39 is 12.0 Å². The topological polar surface area (TPSA) is 38.8 Å². The fourth-order valence-electron chi connectivity index (χ4n) is 3.99. The van der Waals surface area contributed by atoms with E-state index in [1.807, 2.05) is 78.9 Å². The molecule has 0 heterocycles. The summed E-state index contributed by atoms with van der Waals surface area (Å²) in [6.45, 7) is 4.17. The number of carbonyl (C=O) groups is 1. The Labute approximate surface area is 188 Å². The number of rotatable bonds is 7. The SMILES string of the molecule is C=C(C(=O)OC)C(c1cccc2ccccc12)N(c1ccccc1)c1ccc(OC)cc1. The van der Waals surface area contributed by atoms with Crippen LogP contribution in [-0.2, 0) is 9.53 Å². The van der Waals surface area contributed by atoms with E-state index in [4.69, 9.17) is 9.47 Å². The molecule has 0 fully saturated rings. The van der Waals surface area contributed by atoms with Gasteiger partial charge in [0.05, 0.1) is 25.8 Å². The Morgan fingerprint density at radius 1 is 0.781 bits per heavy atom. The van der Waals surface area contributed by atoms with Crippen molar-refractivity contribution in [3.05, 3.63) is 115 Å². The molecule has 0 N–H and O–H groups in total. The van der Waals surface area contributed by atoms with E-state index in [1.54, 1.807) is 7.11 Å². The Kier molecular flexibility index (Phi) is 6.22. The Balaban J connectivity index is 1.98. The van der Waals surface area contributed by atoms with Crippen LogP contribution in [0, 0.1) is 0 Å². The van der Waals surface area contributed by atoms with Crippen LogP contribution in [0.3, 0.4) is 0 Å². The first-order valence-corrected chi connectivity index (χ1v) is 10.4. The zero-order valence-electron chi connectivity index (χ0n) is 18.2. The van der Waals surface area contributed by atoms with Crippen molar-refractivity contribution in [2.75, 3.05) is 19.1 Å². The first kappa shape index (κ1) is 21.2. The van der Waals surface area contributed by atoms with E-state index in [0.717, 1.165) is 33.5 Å². The van der Waals surface area contributed by atoms with Crippen LogP contribution in [0.25, 0.3) is 10.8 Å². The molecule has 0 aliphatic rings. The van der Waals surface area contributed by atoms with E-state index in [-0.39, 0.29) is 0 Å². The molecule has 4 heteroatoms. The number of esters is 1. The molecule has 0 spiro atoms. The van der Waals surface area contributed by atoms with Gasteiger partial charge in [-0.15, -0.1) is 0 Å². The second kappa shape index (κ2) is 9.40. The summed E-state index contributed by atoms with van der Waals surface area (Å²) in [6, 6.07) is 31.5. The van der Waals surface area contributed by atoms with Crippen LogP contribution in [-0.4, -0.2) is 20.2 Å². The quantitative estimate of drug-likeness (QED) is 0.253. The van der Waals surface area contributed by atoms with Gasteiger partial charge in [-0.05, 0) is 52.7 Å². The summed E-state index contributed by atoms with van der Waals surface area (Å²) in [4.78, 5) is 14.9. The highest BCUT2D eigenvalue weighted by atomic mass is 16.5. The van der Waals surface area contributed by atoms with Crippen LogP contribution >= 0.6 is 0 Å².